The van der Waals surface area contributed by atoms with Gasteiger partial charge in [0.1, 0.15) is 6.29 Å². The molecular formula is C47H58O9. The van der Waals surface area contributed by atoms with Crippen molar-refractivity contribution in [3.63, 3.8) is 0 Å². The third-order valence-corrected chi connectivity index (χ3v) is 9.55. The Balaban J connectivity index is 1.95. The van der Waals surface area contributed by atoms with Crippen molar-refractivity contribution >= 4 is 35.8 Å². The van der Waals surface area contributed by atoms with Crippen LogP contribution < -0.4 is 0 Å². The number of rotatable bonds is 18. The molecule has 0 bridgehead atoms. The highest BCUT2D eigenvalue weighted by Gasteiger charge is 2.40. The number of Topliss-reactive ketones (excluding diaryl/α,β-unsaturated/α-hetero) is 2. The number of hydrogen-bond donors (Lipinski definition) is 1. The van der Waals surface area contributed by atoms with E-state index in [0.29, 0.717) is 30.3 Å². The van der Waals surface area contributed by atoms with E-state index in [4.69, 9.17) is 14.6 Å². The van der Waals surface area contributed by atoms with Crippen molar-refractivity contribution in [2.75, 3.05) is 0 Å². The predicted molar refractivity (Wildman–Crippen MR) is 220 cm³/mol. The van der Waals surface area contributed by atoms with Gasteiger partial charge in [0.05, 0.1) is 19.3 Å². The normalized spacial score (nSPS) is 21.8. The Bertz CT molecular complexity index is 1860. The minimum absolute atomic E-state index is 0.0207. The summed E-state index contributed by atoms with van der Waals surface area (Å²) in [6.07, 6.45) is 26.9. The third-order valence-electron chi connectivity index (χ3n) is 9.55. The lowest BCUT2D eigenvalue weighted by molar-refractivity contribution is -0.157. The number of hydrogen-bond acceptors (Lipinski definition) is 8. The predicted octanol–water partition coefficient (Wildman–Crippen LogP) is 9.46. The molecule has 0 heterocycles. The van der Waals surface area contributed by atoms with Gasteiger partial charge in [-0.3, -0.25) is 24.0 Å². The van der Waals surface area contributed by atoms with Crippen molar-refractivity contribution in [3.8, 4) is 0 Å². The molecule has 2 rings (SSSR count). The van der Waals surface area contributed by atoms with E-state index in [9.17, 15) is 28.8 Å². The minimum atomic E-state index is -1.09. The Morgan fingerprint density at radius 3 is 1.73 bits per heavy atom. The summed E-state index contributed by atoms with van der Waals surface area (Å²) in [6.45, 7) is 17.5. The van der Waals surface area contributed by atoms with Gasteiger partial charge in [-0.15, -0.1) is 0 Å². The summed E-state index contributed by atoms with van der Waals surface area (Å²) < 4.78 is 10.7. The first-order valence-corrected chi connectivity index (χ1v) is 19.0. The number of esters is 2. The zero-order valence-electron chi connectivity index (χ0n) is 34.3. The van der Waals surface area contributed by atoms with Crippen molar-refractivity contribution in [1.82, 2.24) is 0 Å². The van der Waals surface area contributed by atoms with Gasteiger partial charge < -0.3 is 19.4 Å². The summed E-state index contributed by atoms with van der Waals surface area (Å²) >= 11 is 0. The molecule has 300 valence electrons. The SMILES string of the molecule is CC1=C(/C=C/C(C)=C/C=C/C(C)=C/C=C/C=C(C)/C=C/C=C(C)/C=C/C2=C(C)C(=O)C(OC(=O)CCC(=O)O)CC2(C)C)C(C)CC(OC(=O)CCC=O)C1=O. The topological polar surface area (TPSA) is 141 Å². The van der Waals surface area contributed by atoms with Gasteiger partial charge in [0, 0.05) is 12.8 Å². The lowest BCUT2D eigenvalue weighted by Crippen LogP contribution is -2.39. The number of carboxylic acids is 1. The third kappa shape index (κ3) is 15.7. The Hall–Kier alpha value is -5.44. The Labute approximate surface area is 332 Å². The highest BCUT2D eigenvalue weighted by atomic mass is 16.6. The van der Waals surface area contributed by atoms with Crippen LogP contribution in [0.3, 0.4) is 0 Å². The molecule has 0 amide bonds. The number of carboxylic acid groups (broad SMARTS) is 1. The maximum absolute atomic E-state index is 13.0. The molecule has 2 aliphatic rings. The van der Waals surface area contributed by atoms with Crippen molar-refractivity contribution in [1.29, 1.82) is 0 Å². The molecule has 3 unspecified atom stereocenters. The fourth-order valence-corrected chi connectivity index (χ4v) is 6.29. The van der Waals surface area contributed by atoms with Crippen LogP contribution in [0.2, 0.25) is 0 Å². The summed E-state index contributed by atoms with van der Waals surface area (Å²) in [5.74, 6) is -2.72. The molecular weight excluding hydrogens is 709 g/mol. The van der Waals surface area contributed by atoms with E-state index in [2.05, 4.69) is 0 Å². The fourth-order valence-electron chi connectivity index (χ4n) is 6.29. The van der Waals surface area contributed by atoms with Crippen molar-refractivity contribution in [3.05, 3.63) is 130 Å². The van der Waals surface area contributed by atoms with Gasteiger partial charge in [-0.25, -0.2) is 0 Å². The quantitative estimate of drug-likeness (QED) is 0.0820. The highest BCUT2D eigenvalue weighted by Crippen LogP contribution is 2.41. The summed E-state index contributed by atoms with van der Waals surface area (Å²) in [6, 6.07) is 0. The second-order valence-corrected chi connectivity index (χ2v) is 15.0. The standard InChI is InChI=1S/C47H58O9/c1-31(17-12-19-33(3)22-24-38-35(5)29-40(45(53)36(38)6)55-43(51)21-14-28-48)15-10-11-16-32(2)18-13-20-34(4)23-25-39-37(7)46(54)41(30-47(39,8)9)56-44(52)27-26-42(49)50/h10-13,15-20,22-25,28,35,40-41H,14,21,26-27,29-30H2,1-9H3,(H,49,50)/b11-10+,17-12+,18-13+,24-22+,25-23+,31-15+,32-16+,33-19+,34-20+. The second-order valence-electron chi connectivity index (χ2n) is 15.0. The molecule has 9 nitrogen and oxygen atoms in total. The highest BCUT2D eigenvalue weighted by molar-refractivity contribution is 6.02. The minimum Gasteiger partial charge on any atom is -0.481 e. The van der Waals surface area contributed by atoms with Gasteiger partial charge in [0.25, 0.3) is 0 Å². The molecule has 0 saturated heterocycles. The monoisotopic (exact) mass is 766 g/mol. The summed E-state index contributed by atoms with van der Waals surface area (Å²) in [5.41, 5.74) is 6.64. The number of allylic oxidation sites excluding steroid dienone is 20. The van der Waals surface area contributed by atoms with Gasteiger partial charge in [-0.2, -0.15) is 0 Å². The van der Waals surface area contributed by atoms with Crippen LogP contribution in [0.15, 0.2) is 130 Å². The van der Waals surface area contributed by atoms with Crippen LogP contribution in [-0.4, -0.2) is 53.1 Å². The molecule has 0 aliphatic heterocycles. The molecule has 0 spiro atoms. The van der Waals surface area contributed by atoms with Gasteiger partial charge in [-0.05, 0) is 81.6 Å². The average molecular weight is 767 g/mol. The van der Waals surface area contributed by atoms with Crippen molar-refractivity contribution < 1.29 is 43.3 Å². The molecule has 1 N–H and O–H groups in total. The van der Waals surface area contributed by atoms with E-state index < -0.39 is 35.5 Å². The van der Waals surface area contributed by atoms with Crippen molar-refractivity contribution in [2.24, 2.45) is 11.3 Å². The van der Waals surface area contributed by atoms with E-state index in [1.807, 2.05) is 134 Å². The zero-order chi connectivity index (χ0) is 42.0. The maximum atomic E-state index is 13.0. The van der Waals surface area contributed by atoms with Crippen LogP contribution in [0.1, 0.15) is 101 Å². The van der Waals surface area contributed by atoms with E-state index in [1.54, 1.807) is 13.8 Å². The smallest absolute Gasteiger partial charge is 0.307 e. The van der Waals surface area contributed by atoms with Gasteiger partial charge in [0.15, 0.2) is 23.8 Å². The fraction of sp³-hybridized carbons (Fsp3) is 0.404. The van der Waals surface area contributed by atoms with E-state index in [1.165, 1.54) is 0 Å². The van der Waals surface area contributed by atoms with Crippen LogP contribution in [0, 0.1) is 11.3 Å². The van der Waals surface area contributed by atoms with Crippen molar-refractivity contribution in [2.45, 2.75) is 113 Å². The molecule has 56 heavy (non-hydrogen) atoms. The van der Waals surface area contributed by atoms with Crippen LogP contribution in [-0.2, 0) is 38.2 Å². The first kappa shape index (κ1) is 46.7. The molecule has 0 radical (unpaired) electrons. The van der Waals surface area contributed by atoms with Crippen LogP contribution in [0.25, 0.3) is 0 Å². The number of carbonyl (C=O) groups is 6. The second kappa shape index (κ2) is 22.8. The Morgan fingerprint density at radius 2 is 1.18 bits per heavy atom. The maximum Gasteiger partial charge on any atom is 0.307 e. The number of ether oxygens (including phenoxy) is 2. The van der Waals surface area contributed by atoms with Crippen LogP contribution >= 0.6 is 0 Å². The van der Waals surface area contributed by atoms with Crippen LogP contribution in [0.5, 0.6) is 0 Å². The van der Waals surface area contributed by atoms with E-state index in [0.717, 1.165) is 33.4 Å². The number of aldehydes is 1. The summed E-state index contributed by atoms with van der Waals surface area (Å²) in [7, 11) is 0. The number of aliphatic carboxylic acids is 1. The molecule has 0 aromatic heterocycles. The molecule has 9 heteroatoms. The van der Waals surface area contributed by atoms with Gasteiger partial charge >= 0.3 is 17.9 Å². The van der Waals surface area contributed by atoms with Gasteiger partial charge in [0.2, 0.25) is 0 Å². The molecule has 0 saturated carbocycles. The Kier molecular flexibility index (Phi) is 19.0. The zero-order valence-corrected chi connectivity index (χ0v) is 34.3. The molecule has 3 atom stereocenters. The number of carbonyl (C=O) groups excluding carboxylic acids is 5. The van der Waals surface area contributed by atoms with Crippen LogP contribution in [0.4, 0.5) is 0 Å². The largest absolute Gasteiger partial charge is 0.481 e. The molecule has 0 aromatic carbocycles. The first-order valence-electron chi connectivity index (χ1n) is 19.0. The Morgan fingerprint density at radius 1 is 0.696 bits per heavy atom. The van der Waals surface area contributed by atoms with Gasteiger partial charge in [-0.1, -0.05) is 128 Å². The molecule has 0 aromatic rings. The molecule has 2 aliphatic carbocycles. The average Bonchev–Trinajstić information content (AvgIpc) is 3.12. The summed E-state index contributed by atoms with van der Waals surface area (Å²) in [5, 5.41) is 8.81. The number of ketones is 2. The first-order chi connectivity index (χ1) is 26.4. The van der Waals surface area contributed by atoms with E-state index in [-0.39, 0.29) is 43.2 Å². The molecule has 0 fully saturated rings. The lowest BCUT2D eigenvalue weighted by Gasteiger charge is -2.36. The summed E-state index contributed by atoms with van der Waals surface area (Å²) in [4.78, 5) is 71.1. The van der Waals surface area contributed by atoms with E-state index >= 15 is 0 Å². The lowest BCUT2D eigenvalue weighted by atomic mass is 9.71.